The summed E-state index contributed by atoms with van der Waals surface area (Å²) >= 11 is 0. The molecule has 1 saturated heterocycles. The highest BCUT2D eigenvalue weighted by molar-refractivity contribution is 7.86. The molecule has 2 N–H and O–H groups in total. The minimum Gasteiger partial charge on any atom is -0.342 e. The van der Waals surface area contributed by atoms with Crippen molar-refractivity contribution in [1.82, 2.24) is 24.2 Å². The van der Waals surface area contributed by atoms with Gasteiger partial charge in [-0.3, -0.25) is 4.79 Å². The molecular formula is C17H28N6O3S. The van der Waals surface area contributed by atoms with Crippen LogP contribution in [-0.2, 0) is 15.0 Å². The van der Waals surface area contributed by atoms with Gasteiger partial charge in [-0.15, -0.1) is 5.10 Å². The number of hydrogen-bond acceptors (Lipinski definition) is 5. The fraction of sp³-hybridized carbons (Fsp3) is 0.706. The second-order valence-electron chi connectivity index (χ2n) is 7.51. The number of hydrogen-bond donors (Lipinski definition) is 1. The third-order valence-electron chi connectivity index (χ3n) is 5.21. The van der Waals surface area contributed by atoms with Crippen LogP contribution >= 0.6 is 0 Å². The molecule has 10 heteroatoms. The van der Waals surface area contributed by atoms with E-state index in [1.165, 1.54) is 4.31 Å². The number of carbonyl (C=O) groups is 1. The maximum absolute atomic E-state index is 12.9. The molecule has 3 heterocycles. The van der Waals surface area contributed by atoms with Crippen LogP contribution in [0.25, 0.3) is 5.57 Å². The van der Waals surface area contributed by atoms with Crippen molar-refractivity contribution in [3.63, 3.8) is 0 Å². The largest absolute Gasteiger partial charge is 0.342 e. The molecule has 1 atom stereocenters. The first-order valence-electron chi connectivity index (χ1n) is 9.43. The third-order valence-corrected chi connectivity index (χ3v) is 6.27. The normalized spacial score (nSPS) is 22.6. The zero-order valence-electron chi connectivity index (χ0n) is 15.9. The lowest BCUT2D eigenvalue weighted by atomic mass is 9.98. The smallest absolute Gasteiger partial charge is 0.276 e. The van der Waals surface area contributed by atoms with Crippen molar-refractivity contribution in [2.45, 2.75) is 45.6 Å². The van der Waals surface area contributed by atoms with Gasteiger partial charge >= 0.3 is 0 Å². The van der Waals surface area contributed by atoms with Gasteiger partial charge in [0.25, 0.3) is 10.2 Å². The summed E-state index contributed by atoms with van der Waals surface area (Å²) in [5.74, 6) is -0.302. The van der Waals surface area contributed by atoms with E-state index in [0.29, 0.717) is 38.9 Å². The number of amides is 1. The molecule has 3 rings (SSSR count). The second kappa shape index (κ2) is 8.07. The van der Waals surface area contributed by atoms with Gasteiger partial charge in [-0.2, -0.15) is 12.7 Å². The Balaban J connectivity index is 1.62. The lowest BCUT2D eigenvalue weighted by molar-refractivity contribution is -0.136. The van der Waals surface area contributed by atoms with Crippen LogP contribution in [0.5, 0.6) is 0 Å². The highest BCUT2D eigenvalue weighted by Crippen LogP contribution is 2.24. The van der Waals surface area contributed by atoms with Crippen molar-refractivity contribution in [2.75, 3.05) is 26.2 Å². The topological polar surface area (TPSA) is 114 Å². The monoisotopic (exact) mass is 396 g/mol. The predicted molar refractivity (Wildman–Crippen MR) is 102 cm³/mol. The maximum Gasteiger partial charge on any atom is 0.276 e. The van der Waals surface area contributed by atoms with Crippen molar-refractivity contribution in [3.05, 3.63) is 18.0 Å². The highest BCUT2D eigenvalue weighted by atomic mass is 32.2. The van der Waals surface area contributed by atoms with E-state index in [4.69, 9.17) is 5.14 Å². The van der Waals surface area contributed by atoms with Gasteiger partial charge < -0.3 is 4.90 Å². The molecule has 2 aliphatic rings. The second-order valence-corrected chi connectivity index (χ2v) is 9.06. The van der Waals surface area contributed by atoms with E-state index in [1.807, 2.05) is 15.8 Å². The summed E-state index contributed by atoms with van der Waals surface area (Å²) in [6.07, 6.45) is 6.89. The van der Waals surface area contributed by atoms with Crippen LogP contribution in [0.1, 0.15) is 51.3 Å². The van der Waals surface area contributed by atoms with Crippen molar-refractivity contribution in [1.29, 1.82) is 0 Å². The van der Waals surface area contributed by atoms with Gasteiger partial charge in [-0.1, -0.05) is 11.3 Å². The van der Waals surface area contributed by atoms with Crippen LogP contribution in [0.4, 0.5) is 0 Å². The zero-order chi connectivity index (χ0) is 19.6. The maximum atomic E-state index is 12.9. The minimum absolute atomic E-state index is 0.0174. The Labute approximate surface area is 160 Å². The summed E-state index contributed by atoms with van der Waals surface area (Å²) in [6.45, 7) is 5.90. The van der Waals surface area contributed by atoms with E-state index in [-0.39, 0.29) is 24.4 Å². The lowest BCUT2D eigenvalue weighted by Crippen LogP contribution is -2.48. The summed E-state index contributed by atoms with van der Waals surface area (Å²) in [5, 5.41) is 13.6. The van der Waals surface area contributed by atoms with Crippen LogP contribution in [0.3, 0.4) is 0 Å². The molecule has 9 nitrogen and oxygen atoms in total. The molecule has 150 valence electrons. The Bertz CT molecular complexity index is 816. The first kappa shape index (κ1) is 20.0. The highest BCUT2D eigenvalue weighted by Gasteiger charge is 2.33. The molecule has 0 radical (unpaired) electrons. The van der Waals surface area contributed by atoms with E-state index in [2.05, 4.69) is 30.2 Å². The summed E-state index contributed by atoms with van der Waals surface area (Å²) in [4.78, 5) is 14.8. The molecule has 0 aliphatic carbocycles. The average Bonchev–Trinajstić information content (AvgIpc) is 2.99. The molecule has 1 aromatic rings. The van der Waals surface area contributed by atoms with E-state index >= 15 is 0 Å². The van der Waals surface area contributed by atoms with Gasteiger partial charge in [0, 0.05) is 32.2 Å². The molecule has 0 spiro atoms. The Morgan fingerprint density at radius 1 is 1.30 bits per heavy atom. The molecule has 1 unspecified atom stereocenters. The molecule has 0 aromatic carbocycles. The van der Waals surface area contributed by atoms with Crippen LogP contribution in [0.2, 0.25) is 0 Å². The van der Waals surface area contributed by atoms with Gasteiger partial charge in [0.05, 0.1) is 12.1 Å². The molecule has 1 fully saturated rings. The minimum atomic E-state index is -3.75. The number of piperidine rings is 1. The average molecular weight is 397 g/mol. The Hall–Kier alpha value is -1.78. The molecule has 2 aliphatic heterocycles. The van der Waals surface area contributed by atoms with Gasteiger partial charge in [0.2, 0.25) is 5.91 Å². The molecule has 27 heavy (non-hydrogen) atoms. The summed E-state index contributed by atoms with van der Waals surface area (Å²) < 4.78 is 26.2. The van der Waals surface area contributed by atoms with Gasteiger partial charge in [0.15, 0.2) is 0 Å². The first-order chi connectivity index (χ1) is 12.8. The predicted octanol–water partition coefficient (Wildman–Crippen LogP) is 0.780. The van der Waals surface area contributed by atoms with E-state index in [0.717, 1.165) is 17.7 Å². The SMILES string of the molecule is CC(C)n1cc(C2=CCCN(C(=O)C3CCCN(S(N)(=O)=O)C3)CC2)nn1. The van der Waals surface area contributed by atoms with Crippen molar-refractivity contribution < 1.29 is 13.2 Å². The number of rotatable bonds is 4. The van der Waals surface area contributed by atoms with Crippen LogP contribution in [0.15, 0.2) is 12.3 Å². The van der Waals surface area contributed by atoms with Crippen LogP contribution in [0, 0.1) is 5.92 Å². The van der Waals surface area contributed by atoms with Crippen molar-refractivity contribution in [2.24, 2.45) is 11.1 Å². The summed E-state index contributed by atoms with van der Waals surface area (Å²) in [5.41, 5.74) is 1.96. The standard InChI is InChI=1S/C17H28N6O3S/c1-13(2)23-12-16(19-20-23)14-5-3-8-21(10-7-14)17(24)15-6-4-9-22(11-15)27(18,25)26/h5,12-13,15H,3-4,6-11H2,1-2H3,(H2,18,25,26). The summed E-state index contributed by atoms with van der Waals surface area (Å²) in [6, 6.07) is 0.253. The lowest BCUT2D eigenvalue weighted by Gasteiger charge is -2.33. The molecule has 0 bridgehead atoms. The third kappa shape index (κ3) is 4.74. The van der Waals surface area contributed by atoms with Gasteiger partial charge in [0.1, 0.15) is 5.69 Å². The Kier molecular flexibility index (Phi) is 5.97. The van der Waals surface area contributed by atoms with Crippen molar-refractivity contribution >= 4 is 21.7 Å². The molecule has 0 saturated carbocycles. The number of nitrogens with zero attached hydrogens (tertiary/aromatic N) is 5. The van der Waals surface area contributed by atoms with E-state index in [1.54, 1.807) is 0 Å². The fourth-order valence-corrected chi connectivity index (χ4v) is 4.40. The van der Waals surface area contributed by atoms with Crippen LogP contribution in [-0.4, -0.2) is 64.7 Å². The molecular weight excluding hydrogens is 368 g/mol. The fourth-order valence-electron chi connectivity index (χ4n) is 3.63. The summed E-state index contributed by atoms with van der Waals surface area (Å²) in [7, 11) is -3.75. The molecule has 1 amide bonds. The van der Waals surface area contributed by atoms with Crippen molar-refractivity contribution in [3.8, 4) is 0 Å². The Morgan fingerprint density at radius 2 is 2.07 bits per heavy atom. The number of carbonyl (C=O) groups excluding carboxylic acids is 1. The van der Waals surface area contributed by atoms with E-state index < -0.39 is 10.2 Å². The number of nitrogens with two attached hydrogens (primary N) is 1. The molecule has 1 aromatic heterocycles. The van der Waals surface area contributed by atoms with Gasteiger partial charge in [-0.05, 0) is 45.1 Å². The van der Waals surface area contributed by atoms with E-state index in [9.17, 15) is 13.2 Å². The van der Waals surface area contributed by atoms with Gasteiger partial charge in [-0.25, -0.2) is 9.82 Å². The first-order valence-corrected chi connectivity index (χ1v) is 10.9. The zero-order valence-corrected chi connectivity index (χ0v) is 16.7. The number of aromatic nitrogens is 3. The van der Waals surface area contributed by atoms with Crippen LogP contribution < -0.4 is 5.14 Å². The quantitative estimate of drug-likeness (QED) is 0.808. The Morgan fingerprint density at radius 3 is 2.74 bits per heavy atom.